The summed E-state index contributed by atoms with van der Waals surface area (Å²) < 4.78 is 28.4. The van der Waals surface area contributed by atoms with Gasteiger partial charge in [0.2, 0.25) is 0 Å². The second-order valence-corrected chi connectivity index (χ2v) is 6.15. The molecule has 6 heteroatoms. The van der Waals surface area contributed by atoms with E-state index in [9.17, 15) is 8.78 Å². The quantitative estimate of drug-likeness (QED) is 0.839. The molecule has 0 amide bonds. The minimum atomic E-state index is -0.572. The van der Waals surface area contributed by atoms with E-state index in [0.29, 0.717) is 6.54 Å². The largest absolute Gasteiger partial charge is 0.306 e. The highest BCUT2D eigenvalue weighted by Gasteiger charge is 2.24. The van der Waals surface area contributed by atoms with Crippen LogP contribution in [0.5, 0.6) is 0 Å². The Bertz CT molecular complexity index is 586. The van der Waals surface area contributed by atoms with Gasteiger partial charge in [-0.2, -0.15) is 0 Å². The average molecular weight is 347 g/mol. The van der Waals surface area contributed by atoms with Crippen LogP contribution >= 0.6 is 27.3 Å². The van der Waals surface area contributed by atoms with E-state index in [2.05, 4.69) is 26.2 Å². The maximum atomic E-state index is 14.2. The minimum absolute atomic E-state index is 0.0277. The lowest BCUT2D eigenvalue weighted by Crippen LogP contribution is -2.23. The van der Waals surface area contributed by atoms with E-state index >= 15 is 0 Å². The lowest BCUT2D eigenvalue weighted by Gasteiger charge is -2.18. The van der Waals surface area contributed by atoms with Crippen molar-refractivity contribution in [2.24, 2.45) is 0 Å². The predicted molar refractivity (Wildman–Crippen MR) is 76.4 cm³/mol. The van der Waals surface area contributed by atoms with E-state index in [-0.39, 0.29) is 10.0 Å². The smallest absolute Gasteiger partial charge is 0.145 e. The van der Waals surface area contributed by atoms with Crippen molar-refractivity contribution in [2.45, 2.75) is 19.9 Å². The molecule has 19 heavy (non-hydrogen) atoms. The van der Waals surface area contributed by atoms with Gasteiger partial charge in [-0.3, -0.25) is 0 Å². The van der Waals surface area contributed by atoms with Crippen molar-refractivity contribution in [1.82, 2.24) is 10.3 Å². The van der Waals surface area contributed by atoms with Gasteiger partial charge < -0.3 is 5.32 Å². The van der Waals surface area contributed by atoms with Crippen molar-refractivity contribution in [1.29, 1.82) is 0 Å². The van der Waals surface area contributed by atoms with E-state index in [1.807, 2.05) is 13.8 Å². The molecular weight excluding hydrogens is 334 g/mol. The third-order valence-electron chi connectivity index (χ3n) is 2.70. The maximum absolute atomic E-state index is 14.2. The molecule has 0 saturated carbocycles. The van der Waals surface area contributed by atoms with Crippen molar-refractivity contribution >= 4 is 27.3 Å². The van der Waals surface area contributed by atoms with Crippen molar-refractivity contribution in [3.05, 3.63) is 49.9 Å². The molecule has 0 radical (unpaired) electrons. The van der Waals surface area contributed by atoms with Gasteiger partial charge in [-0.15, -0.1) is 11.3 Å². The molecule has 2 rings (SSSR count). The van der Waals surface area contributed by atoms with Gasteiger partial charge in [0.1, 0.15) is 11.6 Å². The summed E-state index contributed by atoms with van der Waals surface area (Å²) in [6.07, 6.45) is 1.66. The Morgan fingerprint density at radius 2 is 2.16 bits per heavy atom. The Balaban J connectivity index is 2.53. The van der Waals surface area contributed by atoms with Crippen LogP contribution in [0.1, 0.15) is 28.4 Å². The molecule has 1 N–H and O–H groups in total. The summed E-state index contributed by atoms with van der Waals surface area (Å²) in [5.41, 5.74) is 0.0277. The Labute approximate surface area is 123 Å². The molecule has 0 aliphatic carbocycles. The third kappa shape index (κ3) is 3.01. The average Bonchev–Trinajstić information content (AvgIpc) is 2.80. The summed E-state index contributed by atoms with van der Waals surface area (Å²) in [6, 6.07) is 2.12. The number of nitrogens with zero attached hydrogens (tertiary/aromatic N) is 1. The first-order valence-corrected chi connectivity index (χ1v) is 7.44. The zero-order chi connectivity index (χ0) is 14.0. The Morgan fingerprint density at radius 3 is 2.74 bits per heavy atom. The van der Waals surface area contributed by atoms with Crippen molar-refractivity contribution in [2.75, 3.05) is 6.54 Å². The van der Waals surface area contributed by atoms with E-state index in [1.165, 1.54) is 23.5 Å². The number of benzene rings is 1. The Hall–Kier alpha value is -0.850. The third-order valence-corrected chi connectivity index (χ3v) is 4.29. The number of hydrogen-bond donors (Lipinski definition) is 1. The Morgan fingerprint density at radius 1 is 1.42 bits per heavy atom. The standard InChI is InChI=1S/C13H13BrF2N2S/c1-3-17-13(10-6-18-7(2)19-10)11-9(15)5-4-8(14)12(11)16/h4-6,13,17H,3H2,1-2H3. The van der Waals surface area contributed by atoms with Crippen LogP contribution in [0.25, 0.3) is 0 Å². The number of aryl methyl sites for hydroxylation is 1. The van der Waals surface area contributed by atoms with Crippen LogP contribution in [0.4, 0.5) is 8.78 Å². The van der Waals surface area contributed by atoms with Crippen molar-refractivity contribution < 1.29 is 8.78 Å². The normalized spacial score (nSPS) is 12.7. The first kappa shape index (κ1) is 14.6. The molecule has 102 valence electrons. The molecule has 0 fully saturated rings. The predicted octanol–water partition coefficient (Wildman–Crippen LogP) is 4.19. The fourth-order valence-electron chi connectivity index (χ4n) is 1.87. The van der Waals surface area contributed by atoms with E-state index in [4.69, 9.17) is 0 Å². The Kier molecular flexibility index (Phi) is 4.65. The molecule has 0 spiro atoms. The molecule has 1 atom stereocenters. The first-order chi connectivity index (χ1) is 9.04. The molecule has 1 aromatic heterocycles. The number of nitrogens with one attached hydrogen (secondary N) is 1. The molecule has 0 bridgehead atoms. The van der Waals surface area contributed by atoms with Gasteiger partial charge in [0.25, 0.3) is 0 Å². The molecule has 0 saturated heterocycles. The first-order valence-electron chi connectivity index (χ1n) is 5.83. The van der Waals surface area contributed by atoms with Crippen LogP contribution in [0, 0.1) is 18.6 Å². The number of halogens is 3. The van der Waals surface area contributed by atoms with Gasteiger partial charge in [-0.1, -0.05) is 6.92 Å². The highest BCUT2D eigenvalue weighted by atomic mass is 79.9. The van der Waals surface area contributed by atoms with E-state index in [1.54, 1.807) is 6.20 Å². The fourth-order valence-corrected chi connectivity index (χ4v) is 3.08. The molecule has 1 unspecified atom stereocenters. The number of hydrogen-bond acceptors (Lipinski definition) is 3. The molecule has 1 aromatic carbocycles. The number of aromatic nitrogens is 1. The summed E-state index contributed by atoms with van der Waals surface area (Å²) in [6.45, 7) is 4.37. The van der Waals surface area contributed by atoms with Crippen LogP contribution in [0.3, 0.4) is 0 Å². The lowest BCUT2D eigenvalue weighted by molar-refractivity contribution is 0.510. The lowest BCUT2D eigenvalue weighted by atomic mass is 10.0. The van der Waals surface area contributed by atoms with Crippen LogP contribution in [0.15, 0.2) is 22.8 Å². The molecule has 2 aromatic rings. The van der Waals surface area contributed by atoms with Crippen LogP contribution in [0.2, 0.25) is 0 Å². The summed E-state index contributed by atoms with van der Waals surface area (Å²) in [5.74, 6) is -1.13. The van der Waals surface area contributed by atoms with Gasteiger partial charge in [0, 0.05) is 16.6 Å². The summed E-state index contributed by atoms with van der Waals surface area (Å²) >= 11 is 4.53. The van der Waals surface area contributed by atoms with Crippen molar-refractivity contribution in [3.8, 4) is 0 Å². The van der Waals surface area contributed by atoms with Gasteiger partial charge in [0.05, 0.1) is 15.5 Å². The highest BCUT2D eigenvalue weighted by molar-refractivity contribution is 9.10. The van der Waals surface area contributed by atoms with Gasteiger partial charge in [0.15, 0.2) is 0 Å². The van der Waals surface area contributed by atoms with Gasteiger partial charge >= 0.3 is 0 Å². The van der Waals surface area contributed by atoms with Gasteiger partial charge in [-0.05, 0) is 41.5 Å². The van der Waals surface area contributed by atoms with Gasteiger partial charge in [-0.25, -0.2) is 13.8 Å². The number of rotatable bonds is 4. The number of thiazole rings is 1. The second-order valence-electron chi connectivity index (χ2n) is 4.03. The van der Waals surface area contributed by atoms with E-state index < -0.39 is 17.7 Å². The molecule has 0 aliphatic rings. The minimum Gasteiger partial charge on any atom is -0.306 e. The highest BCUT2D eigenvalue weighted by Crippen LogP contribution is 2.33. The zero-order valence-electron chi connectivity index (χ0n) is 10.5. The zero-order valence-corrected chi connectivity index (χ0v) is 12.9. The summed E-state index contributed by atoms with van der Waals surface area (Å²) in [5, 5.41) is 3.98. The monoisotopic (exact) mass is 346 g/mol. The van der Waals surface area contributed by atoms with E-state index in [0.717, 1.165) is 9.88 Å². The fraction of sp³-hybridized carbons (Fsp3) is 0.308. The second kappa shape index (κ2) is 6.07. The van der Waals surface area contributed by atoms with Crippen LogP contribution in [-0.4, -0.2) is 11.5 Å². The molecule has 2 nitrogen and oxygen atoms in total. The SMILES string of the molecule is CCNC(c1cnc(C)s1)c1c(F)ccc(Br)c1F. The maximum Gasteiger partial charge on any atom is 0.145 e. The summed E-state index contributed by atoms with van der Waals surface area (Å²) in [4.78, 5) is 4.95. The molecule has 1 heterocycles. The molecule has 0 aliphatic heterocycles. The van der Waals surface area contributed by atoms with Crippen molar-refractivity contribution in [3.63, 3.8) is 0 Å². The van der Waals surface area contributed by atoms with Crippen LogP contribution in [-0.2, 0) is 0 Å². The molecular formula is C13H13BrF2N2S. The van der Waals surface area contributed by atoms with Crippen LogP contribution < -0.4 is 5.32 Å². The summed E-state index contributed by atoms with van der Waals surface area (Å²) in [7, 11) is 0. The topological polar surface area (TPSA) is 24.9 Å².